The van der Waals surface area contributed by atoms with Crippen LogP contribution in [0.25, 0.3) is 0 Å². The van der Waals surface area contributed by atoms with Crippen molar-refractivity contribution in [1.29, 1.82) is 0 Å². The molecule has 0 saturated heterocycles. The van der Waals surface area contributed by atoms with Crippen LogP contribution in [0.5, 0.6) is 0 Å². The average molecular weight is 204 g/mol. The van der Waals surface area contributed by atoms with Crippen LogP contribution in [-0.2, 0) is 3.07 Å². The average Bonchev–Trinajstić information content (AvgIpc) is 1.35. The summed E-state index contributed by atoms with van der Waals surface area (Å²) < 4.78 is 4.02. The molecule has 0 atom stereocenters. The molecule has 0 aromatic carbocycles. The first-order valence-corrected chi connectivity index (χ1v) is 2.04. The van der Waals surface area contributed by atoms with Crippen LogP contribution in [0, 0.1) is 0 Å². The summed E-state index contributed by atoms with van der Waals surface area (Å²) >= 11 is 1.39. The largest absolute Gasteiger partial charge is 0.340 e. The second kappa shape index (κ2) is 2.03. The Kier molecular flexibility index (Phi) is 2.22. The standard InChI is InChI=1S/CH5IN2O2/c2-6-1(3,4)5/h5H,3-4H2. The first-order chi connectivity index (χ1) is 2.56. The van der Waals surface area contributed by atoms with Crippen molar-refractivity contribution >= 4 is 23.0 Å². The second-order valence-electron chi connectivity index (χ2n) is 0.829. The topological polar surface area (TPSA) is 81.5 Å². The molecule has 4 nitrogen and oxygen atoms in total. The summed E-state index contributed by atoms with van der Waals surface area (Å²) in [6.07, 6.45) is 0. The van der Waals surface area contributed by atoms with Crippen molar-refractivity contribution < 1.29 is 8.17 Å². The van der Waals surface area contributed by atoms with E-state index >= 15 is 0 Å². The fourth-order valence-corrected chi connectivity index (χ4v) is 0. The van der Waals surface area contributed by atoms with Gasteiger partial charge in [0.1, 0.15) is 23.0 Å². The molecule has 0 saturated carbocycles. The maximum atomic E-state index is 8.15. The van der Waals surface area contributed by atoms with Crippen LogP contribution in [0.4, 0.5) is 0 Å². The number of halogens is 1. The summed E-state index contributed by atoms with van der Waals surface area (Å²) in [7, 11) is 0. The van der Waals surface area contributed by atoms with Crippen LogP contribution in [-0.4, -0.2) is 11.1 Å². The van der Waals surface area contributed by atoms with Crippen molar-refractivity contribution in [3.63, 3.8) is 0 Å². The molecule has 6 heavy (non-hydrogen) atoms. The minimum atomic E-state index is -1.97. The third kappa shape index (κ3) is 4.57. The Morgan fingerprint density at radius 1 is 1.67 bits per heavy atom. The third-order valence-electron chi connectivity index (χ3n) is 0.124. The summed E-state index contributed by atoms with van der Waals surface area (Å²) in [6.45, 7) is 0. The van der Waals surface area contributed by atoms with Gasteiger partial charge in [-0.15, -0.1) is 0 Å². The van der Waals surface area contributed by atoms with Crippen LogP contribution >= 0.6 is 23.0 Å². The Labute approximate surface area is 49.1 Å². The zero-order chi connectivity index (χ0) is 5.21. The van der Waals surface area contributed by atoms with E-state index < -0.39 is 6.03 Å². The number of hydrogen-bond acceptors (Lipinski definition) is 4. The molecular formula is CH5IN2O2. The van der Waals surface area contributed by atoms with Crippen LogP contribution < -0.4 is 11.5 Å². The predicted octanol–water partition coefficient (Wildman–Crippen LogP) is -1.13. The van der Waals surface area contributed by atoms with E-state index in [0.717, 1.165) is 0 Å². The van der Waals surface area contributed by atoms with Crippen LogP contribution in [0.2, 0.25) is 0 Å². The highest BCUT2D eigenvalue weighted by atomic mass is 127. The van der Waals surface area contributed by atoms with E-state index in [1.54, 1.807) is 0 Å². The smallest absolute Gasteiger partial charge is 0.293 e. The lowest BCUT2D eigenvalue weighted by molar-refractivity contribution is -0.0971. The highest BCUT2D eigenvalue weighted by Crippen LogP contribution is 1.92. The molecule has 5 N–H and O–H groups in total. The molecule has 38 valence electrons. The summed E-state index contributed by atoms with van der Waals surface area (Å²) in [5.41, 5.74) is 9.28. The van der Waals surface area contributed by atoms with Crippen LogP contribution in [0.1, 0.15) is 0 Å². The Balaban J connectivity index is 3.17. The molecule has 5 heteroatoms. The van der Waals surface area contributed by atoms with Gasteiger partial charge in [-0.05, 0) is 0 Å². The van der Waals surface area contributed by atoms with Crippen molar-refractivity contribution in [3.8, 4) is 0 Å². The highest BCUT2D eigenvalue weighted by Gasteiger charge is 2.10. The van der Waals surface area contributed by atoms with Gasteiger partial charge in [0, 0.05) is 0 Å². The highest BCUT2D eigenvalue weighted by molar-refractivity contribution is 14.1. The van der Waals surface area contributed by atoms with E-state index in [2.05, 4.69) is 14.5 Å². The van der Waals surface area contributed by atoms with Crippen LogP contribution in [0.15, 0.2) is 0 Å². The Hall–Kier alpha value is 0.570. The molecule has 0 aromatic rings. The van der Waals surface area contributed by atoms with E-state index in [9.17, 15) is 0 Å². The van der Waals surface area contributed by atoms with Gasteiger partial charge in [0.25, 0.3) is 6.03 Å². The molecular weight excluding hydrogens is 199 g/mol. The van der Waals surface area contributed by atoms with Crippen molar-refractivity contribution in [3.05, 3.63) is 0 Å². The molecule has 0 aliphatic rings. The van der Waals surface area contributed by atoms with Crippen molar-refractivity contribution in [2.45, 2.75) is 6.03 Å². The normalized spacial score (nSPS) is 12.0. The van der Waals surface area contributed by atoms with Gasteiger partial charge in [-0.2, -0.15) is 0 Å². The first-order valence-electron chi connectivity index (χ1n) is 1.16. The van der Waals surface area contributed by atoms with Crippen molar-refractivity contribution in [2.75, 3.05) is 0 Å². The van der Waals surface area contributed by atoms with Crippen LogP contribution in [0.3, 0.4) is 0 Å². The SMILES string of the molecule is NC(N)(O)OI. The van der Waals surface area contributed by atoms with E-state index in [1.165, 1.54) is 23.0 Å². The van der Waals surface area contributed by atoms with Gasteiger partial charge >= 0.3 is 0 Å². The Morgan fingerprint density at radius 3 is 1.83 bits per heavy atom. The fraction of sp³-hybridized carbons (Fsp3) is 1.00. The van der Waals surface area contributed by atoms with E-state index in [1.807, 2.05) is 0 Å². The lowest BCUT2D eigenvalue weighted by atomic mass is 11.0. The Morgan fingerprint density at radius 2 is 1.83 bits per heavy atom. The molecule has 0 aliphatic heterocycles. The molecule has 0 fully saturated rings. The zero-order valence-electron chi connectivity index (χ0n) is 2.89. The summed E-state index contributed by atoms with van der Waals surface area (Å²) in [5, 5.41) is 8.15. The number of hydrogen-bond donors (Lipinski definition) is 3. The van der Waals surface area contributed by atoms with Crippen molar-refractivity contribution in [2.24, 2.45) is 11.5 Å². The predicted molar refractivity (Wildman–Crippen MR) is 28.4 cm³/mol. The number of nitrogens with two attached hydrogens (primary N) is 2. The summed E-state index contributed by atoms with van der Waals surface area (Å²) in [4.78, 5) is 0. The first kappa shape index (κ1) is 6.57. The molecule has 0 bridgehead atoms. The summed E-state index contributed by atoms with van der Waals surface area (Å²) in [5.74, 6) is 0. The van der Waals surface area contributed by atoms with Crippen molar-refractivity contribution in [1.82, 2.24) is 0 Å². The van der Waals surface area contributed by atoms with Gasteiger partial charge < -0.3 is 5.11 Å². The van der Waals surface area contributed by atoms with Gasteiger partial charge in [-0.3, -0.25) is 14.5 Å². The Bertz CT molecular complexity index is 41.3. The van der Waals surface area contributed by atoms with Gasteiger partial charge in [0.2, 0.25) is 0 Å². The number of aliphatic hydroxyl groups is 1. The van der Waals surface area contributed by atoms with Gasteiger partial charge in [-0.25, -0.2) is 0 Å². The third-order valence-corrected chi connectivity index (χ3v) is 0.829. The quantitative estimate of drug-likeness (QED) is 0.373. The summed E-state index contributed by atoms with van der Waals surface area (Å²) in [6, 6.07) is -1.97. The maximum absolute atomic E-state index is 8.15. The minimum absolute atomic E-state index is 1.39. The lowest BCUT2D eigenvalue weighted by Gasteiger charge is -2.09. The van der Waals surface area contributed by atoms with E-state index in [4.69, 9.17) is 5.11 Å². The van der Waals surface area contributed by atoms with E-state index in [0.29, 0.717) is 0 Å². The monoisotopic (exact) mass is 204 g/mol. The molecule has 0 heterocycles. The zero-order valence-corrected chi connectivity index (χ0v) is 5.05. The molecule has 0 aromatic heterocycles. The lowest BCUT2D eigenvalue weighted by Crippen LogP contribution is -2.49. The minimum Gasteiger partial charge on any atom is -0.340 e. The van der Waals surface area contributed by atoms with Gasteiger partial charge in [0.15, 0.2) is 0 Å². The number of rotatable bonds is 1. The molecule has 0 unspecified atom stereocenters. The molecule has 0 amide bonds. The fourth-order valence-electron chi connectivity index (χ4n) is 0. The van der Waals surface area contributed by atoms with E-state index in [-0.39, 0.29) is 0 Å². The molecule has 0 radical (unpaired) electrons. The maximum Gasteiger partial charge on any atom is 0.293 e. The second-order valence-corrected chi connectivity index (χ2v) is 1.27. The molecule has 0 rings (SSSR count). The van der Waals surface area contributed by atoms with Gasteiger partial charge in [0.05, 0.1) is 0 Å². The molecule has 0 aliphatic carbocycles. The van der Waals surface area contributed by atoms with Gasteiger partial charge in [-0.1, -0.05) is 0 Å². The molecule has 0 spiro atoms.